The molecule has 0 fully saturated rings. The zero-order valence-electron chi connectivity index (χ0n) is 12.7. The first-order valence-corrected chi connectivity index (χ1v) is 10.0. The zero-order chi connectivity index (χ0) is 13.6. The Bertz CT molecular complexity index is 191. The van der Waals surface area contributed by atoms with Crippen LogP contribution in [0.5, 0.6) is 0 Å². The van der Waals surface area contributed by atoms with Crippen molar-refractivity contribution in [1.29, 1.82) is 0 Å². The molecule has 0 aliphatic heterocycles. The molecule has 0 unspecified atom stereocenters. The molecule has 0 atom stereocenters. The normalized spacial score (nSPS) is 10.9. The Kier molecular flexibility index (Phi) is 12.9. The molecule has 0 bridgehead atoms. The second-order valence-corrected chi connectivity index (χ2v) is 8.27. The van der Waals surface area contributed by atoms with Gasteiger partial charge in [0.2, 0.25) is 9.04 Å². The van der Waals surface area contributed by atoms with Crippen molar-refractivity contribution in [2.24, 2.45) is 0 Å². The number of carbonyl (C=O) groups excluding carboxylic acids is 1. The number of rotatable bonds is 12. The maximum Gasteiger partial charge on any atom is 0.292 e. The van der Waals surface area contributed by atoms with Crippen LogP contribution in [0.25, 0.3) is 0 Å². The van der Waals surface area contributed by atoms with Gasteiger partial charge in [0, 0.05) is 6.42 Å². The first kappa shape index (κ1) is 17.7. The lowest BCUT2D eigenvalue weighted by atomic mass is 10.1. The van der Waals surface area contributed by atoms with E-state index in [1.165, 1.54) is 44.9 Å². The molecule has 0 amide bonds. The lowest BCUT2D eigenvalue weighted by Gasteiger charge is -2.12. The Labute approximate surface area is 115 Å². The summed E-state index contributed by atoms with van der Waals surface area (Å²) in [7, 11) is -1.18. The highest BCUT2D eigenvalue weighted by molar-refractivity contribution is 6.53. The molecule has 0 saturated carbocycles. The molecule has 0 N–H and O–H groups in total. The molecule has 0 spiro atoms. The molecule has 108 valence electrons. The molecular weight excluding hydrogens is 240 g/mol. The van der Waals surface area contributed by atoms with E-state index in [4.69, 9.17) is 4.43 Å². The Morgan fingerprint density at radius 2 is 1.33 bits per heavy atom. The summed E-state index contributed by atoms with van der Waals surface area (Å²) in [6.45, 7) is 6.50. The standard InChI is InChI=1S/C15H32O2Si/c1-4-7-8-9-10-11-12-13-14-15(16)17-18(5-2)6-3/h18H,4-14H2,1-3H3. The van der Waals surface area contributed by atoms with Crippen LogP contribution >= 0.6 is 0 Å². The van der Waals surface area contributed by atoms with E-state index in [1.54, 1.807) is 0 Å². The van der Waals surface area contributed by atoms with E-state index in [0.717, 1.165) is 18.5 Å². The first-order valence-electron chi connectivity index (χ1n) is 7.94. The van der Waals surface area contributed by atoms with Crippen molar-refractivity contribution in [2.75, 3.05) is 0 Å². The van der Waals surface area contributed by atoms with Gasteiger partial charge < -0.3 is 4.43 Å². The van der Waals surface area contributed by atoms with E-state index in [-0.39, 0.29) is 5.97 Å². The van der Waals surface area contributed by atoms with Crippen LogP contribution < -0.4 is 0 Å². The van der Waals surface area contributed by atoms with Crippen molar-refractivity contribution >= 4 is 15.0 Å². The fourth-order valence-corrected chi connectivity index (χ4v) is 3.50. The highest BCUT2D eigenvalue weighted by Gasteiger charge is 2.11. The molecule has 18 heavy (non-hydrogen) atoms. The van der Waals surface area contributed by atoms with Gasteiger partial charge in [-0.3, -0.25) is 4.79 Å². The van der Waals surface area contributed by atoms with Crippen molar-refractivity contribution in [3.63, 3.8) is 0 Å². The second-order valence-electron chi connectivity index (χ2n) is 5.15. The van der Waals surface area contributed by atoms with Crippen molar-refractivity contribution in [3.05, 3.63) is 0 Å². The lowest BCUT2D eigenvalue weighted by Crippen LogP contribution is -2.20. The van der Waals surface area contributed by atoms with E-state index in [9.17, 15) is 4.79 Å². The second kappa shape index (κ2) is 13.1. The molecule has 0 aromatic carbocycles. The van der Waals surface area contributed by atoms with E-state index >= 15 is 0 Å². The van der Waals surface area contributed by atoms with Gasteiger partial charge in [-0.1, -0.05) is 65.7 Å². The third-order valence-corrected chi connectivity index (χ3v) is 5.86. The highest BCUT2D eigenvalue weighted by atomic mass is 28.3. The van der Waals surface area contributed by atoms with Crippen LogP contribution in [0.15, 0.2) is 0 Å². The van der Waals surface area contributed by atoms with Crippen LogP contribution in [-0.2, 0) is 9.22 Å². The average Bonchev–Trinajstić information content (AvgIpc) is 2.39. The van der Waals surface area contributed by atoms with Crippen molar-refractivity contribution in [2.45, 2.75) is 90.6 Å². The van der Waals surface area contributed by atoms with E-state index < -0.39 is 9.04 Å². The predicted molar refractivity (Wildman–Crippen MR) is 81.4 cm³/mol. The summed E-state index contributed by atoms with van der Waals surface area (Å²) in [5, 5.41) is 0. The number of carbonyl (C=O) groups is 1. The molecule has 0 aliphatic carbocycles. The molecule has 0 saturated heterocycles. The Hall–Kier alpha value is -0.313. The minimum Gasteiger partial charge on any atom is -0.522 e. The van der Waals surface area contributed by atoms with Gasteiger partial charge in [0.25, 0.3) is 5.97 Å². The molecule has 0 aromatic heterocycles. The summed E-state index contributed by atoms with van der Waals surface area (Å²) in [6.07, 6.45) is 10.9. The number of hydrogen-bond acceptors (Lipinski definition) is 2. The van der Waals surface area contributed by atoms with Gasteiger partial charge in [0.1, 0.15) is 0 Å². The molecule has 0 aliphatic rings. The van der Waals surface area contributed by atoms with E-state index in [1.807, 2.05) is 0 Å². The van der Waals surface area contributed by atoms with Gasteiger partial charge in [-0.05, 0) is 18.5 Å². The molecule has 0 rings (SSSR count). The van der Waals surface area contributed by atoms with Crippen LogP contribution in [-0.4, -0.2) is 15.0 Å². The minimum atomic E-state index is -1.18. The first-order chi connectivity index (χ1) is 8.74. The van der Waals surface area contributed by atoms with Gasteiger partial charge in [-0.25, -0.2) is 0 Å². The smallest absolute Gasteiger partial charge is 0.292 e. The lowest BCUT2D eigenvalue weighted by molar-refractivity contribution is -0.134. The van der Waals surface area contributed by atoms with Crippen LogP contribution in [0.3, 0.4) is 0 Å². The molecular formula is C15H32O2Si. The monoisotopic (exact) mass is 272 g/mol. The molecule has 2 nitrogen and oxygen atoms in total. The summed E-state index contributed by atoms with van der Waals surface area (Å²) in [4.78, 5) is 11.6. The van der Waals surface area contributed by atoms with Gasteiger partial charge >= 0.3 is 0 Å². The molecule has 3 heteroatoms. The van der Waals surface area contributed by atoms with E-state index in [2.05, 4.69) is 20.8 Å². The number of unbranched alkanes of at least 4 members (excludes halogenated alkanes) is 7. The topological polar surface area (TPSA) is 26.3 Å². The maximum atomic E-state index is 11.6. The summed E-state index contributed by atoms with van der Waals surface area (Å²) < 4.78 is 5.51. The zero-order valence-corrected chi connectivity index (χ0v) is 13.8. The van der Waals surface area contributed by atoms with Crippen LogP contribution in [0.2, 0.25) is 12.1 Å². The van der Waals surface area contributed by atoms with Crippen LogP contribution in [0, 0.1) is 0 Å². The minimum absolute atomic E-state index is 0.0568. The summed E-state index contributed by atoms with van der Waals surface area (Å²) >= 11 is 0. The largest absolute Gasteiger partial charge is 0.522 e. The van der Waals surface area contributed by atoms with Crippen LogP contribution in [0.4, 0.5) is 0 Å². The Morgan fingerprint density at radius 3 is 1.83 bits per heavy atom. The van der Waals surface area contributed by atoms with Crippen LogP contribution in [0.1, 0.15) is 78.6 Å². The Balaban J connectivity index is 3.30. The predicted octanol–water partition coefficient (Wildman–Crippen LogP) is 4.82. The van der Waals surface area contributed by atoms with Gasteiger partial charge in [0.15, 0.2) is 0 Å². The fraction of sp³-hybridized carbons (Fsp3) is 0.933. The van der Waals surface area contributed by atoms with Crippen molar-refractivity contribution < 1.29 is 9.22 Å². The third-order valence-electron chi connectivity index (χ3n) is 3.44. The molecule has 0 radical (unpaired) electrons. The van der Waals surface area contributed by atoms with Crippen molar-refractivity contribution in [3.8, 4) is 0 Å². The molecule has 0 heterocycles. The average molecular weight is 273 g/mol. The molecule has 0 aromatic rings. The quantitative estimate of drug-likeness (QED) is 0.376. The highest BCUT2D eigenvalue weighted by Crippen LogP contribution is 2.10. The van der Waals surface area contributed by atoms with Gasteiger partial charge in [0.05, 0.1) is 0 Å². The summed E-state index contributed by atoms with van der Waals surface area (Å²) in [5.74, 6) is 0.0568. The fourth-order valence-electron chi connectivity index (χ4n) is 2.10. The van der Waals surface area contributed by atoms with Crippen molar-refractivity contribution in [1.82, 2.24) is 0 Å². The van der Waals surface area contributed by atoms with Gasteiger partial charge in [-0.15, -0.1) is 0 Å². The van der Waals surface area contributed by atoms with Gasteiger partial charge in [-0.2, -0.15) is 0 Å². The Morgan fingerprint density at radius 1 is 0.833 bits per heavy atom. The maximum absolute atomic E-state index is 11.6. The third kappa shape index (κ3) is 10.8. The van der Waals surface area contributed by atoms with E-state index in [0.29, 0.717) is 6.42 Å². The number of hydrogen-bond donors (Lipinski definition) is 0. The SMILES string of the molecule is CCCCCCCCCCC(=O)O[SiH](CC)CC. The summed E-state index contributed by atoms with van der Waals surface area (Å²) in [5.41, 5.74) is 0. The summed E-state index contributed by atoms with van der Waals surface area (Å²) in [6, 6.07) is 2.14.